The lowest BCUT2D eigenvalue weighted by Gasteiger charge is -2.29. The predicted octanol–water partition coefficient (Wildman–Crippen LogP) is 1.92. The van der Waals surface area contributed by atoms with Gasteiger partial charge in [0.1, 0.15) is 0 Å². The number of carbonyl (C=O) groups is 1. The maximum atomic E-state index is 12.5. The first kappa shape index (κ1) is 11.7. The minimum Gasteiger partial charge on any atom is -0.316 e. The highest BCUT2D eigenvalue weighted by atomic mass is 16.2. The minimum absolute atomic E-state index is 0.246. The Kier molecular flexibility index (Phi) is 2.67. The van der Waals surface area contributed by atoms with Gasteiger partial charge in [0, 0.05) is 12.2 Å². The zero-order valence-corrected chi connectivity index (χ0v) is 11.1. The topological polar surface area (TPSA) is 32.3 Å². The zero-order valence-electron chi connectivity index (χ0n) is 11.1. The summed E-state index contributed by atoms with van der Waals surface area (Å²) in [6, 6.07) is 8.19. The number of anilines is 1. The summed E-state index contributed by atoms with van der Waals surface area (Å²) in [6.45, 7) is 7.11. The quantitative estimate of drug-likeness (QED) is 0.881. The van der Waals surface area contributed by atoms with E-state index in [1.807, 2.05) is 30.9 Å². The van der Waals surface area contributed by atoms with E-state index >= 15 is 0 Å². The SMILES string of the molecule is CC1(C)C(=O)N(CCC2CNC2)c2ccccc21. The Hall–Kier alpha value is -1.35. The molecule has 0 aliphatic carbocycles. The molecule has 0 spiro atoms. The van der Waals surface area contributed by atoms with Gasteiger partial charge in [-0.3, -0.25) is 4.79 Å². The molecular formula is C15H20N2O. The number of amides is 1. The van der Waals surface area contributed by atoms with E-state index in [1.54, 1.807) is 0 Å². The molecule has 0 atom stereocenters. The van der Waals surface area contributed by atoms with Crippen molar-refractivity contribution in [2.24, 2.45) is 5.92 Å². The van der Waals surface area contributed by atoms with Crippen LogP contribution in [0, 0.1) is 5.92 Å². The van der Waals surface area contributed by atoms with Gasteiger partial charge >= 0.3 is 0 Å². The van der Waals surface area contributed by atoms with Crippen molar-refractivity contribution >= 4 is 11.6 Å². The van der Waals surface area contributed by atoms with E-state index in [1.165, 1.54) is 5.56 Å². The molecule has 1 aromatic rings. The van der Waals surface area contributed by atoms with E-state index in [-0.39, 0.29) is 11.3 Å². The van der Waals surface area contributed by atoms with Crippen LogP contribution in [0.2, 0.25) is 0 Å². The number of nitrogens with zero attached hydrogens (tertiary/aromatic N) is 1. The molecule has 1 amide bonds. The highest BCUT2D eigenvalue weighted by Gasteiger charge is 2.43. The van der Waals surface area contributed by atoms with Gasteiger partial charge in [-0.25, -0.2) is 0 Å². The third kappa shape index (κ3) is 1.65. The fourth-order valence-corrected chi connectivity index (χ4v) is 2.89. The summed E-state index contributed by atoms with van der Waals surface area (Å²) in [5.74, 6) is 0.990. The highest BCUT2D eigenvalue weighted by Crippen LogP contribution is 2.41. The van der Waals surface area contributed by atoms with Crippen molar-refractivity contribution in [3.63, 3.8) is 0 Å². The van der Waals surface area contributed by atoms with Crippen LogP contribution in [0.4, 0.5) is 5.69 Å². The van der Waals surface area contributed by atoms with E-state index < -0.39 is 0 Å². The first-order valence-electron chi connectivity index (χ1n) is 6.73. The van der Waals surface area contributed by atoms with Crippen LogP contribution in [0.25, 0.3) is 0 Å². The van der Waals surface area contributed by atoms with Gasteiger partial charge in [-0.15, -0.1) is 0 Å². The molecule has 3 rings (SSSR count). The standard InChI is InChI=1S/C15H20N2O/c1-15(2)12-5-3-4-6-13(12)17(14(15)18)8-7-11-9-16-10-11/h3-6,11,16H,7-10H2,1-2H3. The number of rotatable bonds is 3. The second kappa shape index (κ2) is 4.09. The Morgan fingerprint density at radius 1 is 1.33 bits per heavy atom. The van der Waals surface area contributed by atoms with Crippen molar-refractivity contribution in [2.45, 2.75) is 25.7 Å². The van der Waals surface area contributed by atoms with Gasteiger partial charge in [0.15, 0.2) is 0 Å². The van der Waals surface area contributed by atoms with Crippen LogP contribution >= 0.6 is 0 Å². The lowest BCUT2D eigenvalue weighted by atomic mass is 9.86. The van der Waals surface area contributed by atoms with Crippen molar-refractivity contribution < 1.29 is 4.79 Å². The summed E-state index contributed by atoms with van der Waals surface area (Å²) < 4.78 is 0. The molecule has 18 heavy (non-hydrogen) atoms. The smallest absolute Gasteiger partial charge is 0.237 e. The van der Waals surface area contributed by atoms with Crippen molar-refractivity contribution in [3.05, 3.63) is 29.8 Å². The van der Waals surface area contributed by atoms with Crippen molar-refractivity contribution in [3.8, 4) is 0 Å². The lowest BCUT2D eigenvalue weighted by Crippen LogP contribution is -2.44. The Balaban J connectivity index is 1.83. The summed E-state index contributed by atoms with van der Waals surface area (Å²) in [6.07, 6.45) is 1.10. The minimum atomic E-state index is -0.367. The number of carbonyl (C=O) groups excluding carboxylic acids is 1. The van der Waals surface area contributed by atoms with E-state index in [0.717, 1.165) is 37.7 Å². The molecule has 3 nitrogen and oxygen atoms in total. The second-order valence-corrected chi connectivity index (χ2v) is 5.91. The molecule has 1 N–H and O–H groups in total. The van der Waals surface area contributed by atoms with Gasteiger partial charge in [0.2, 0.25) is 5.91 Å². The predicted molar refractivity (Wildman–Crippen MR) is 72.8 cm³/mol. The van der Waals surface area contributed by atoms with Crippen molar-refractivity contribution in [2.75, 3.05) is 24.5 Å². The molecule has 0 aromatic heterocycles. The average molecular weight is 244 g/mol. The first-order chi connectivity index (χ1) is 8.60. The number of nitrogens with one attached hydrogen (secondary N) is 1. The fourth-order valence-electron chi connectivity index (χ4n) is 2.89. The molecule has 2 aliphatic rings. The van der Waals surface area contributed by atoms with Crippen LogP contribution in [0.5, 0.6) is 0 Å². The van der Waals surface area contributed by atoms with Crippen LogP contribution < -0.4 is 10.2 Å². The maximum Gasteiger partial charge on any atom is 0.237 e. The molecule has 1 fully saturated rings. The zero-order chi connectivity index (χ0) is 12.8. The number of benzene rings is 1. The molecule has 3 heteroatoms. The number of fused-ring (bicyclic) bond motifs is 1. The summed E-state index contributed by atoms with van der Waals surface area (Å²) in [5, 5.41) is 3.28. The van der Waals surface area contributed by atoms with E-state index in [2.05, 4.69) is 17.4 Å². The summed E-state index contributed by atoms with van der Waals surface area (Å²) in [5.41, 5.74) is 1.91. The van der Waals surface area contributed by atoms with E-state index in [4.69, 9.17) is 0 Å². The Morgan fingerprint density at radius 2 is 2.06 bits per heavy atom. The molecule has 1 aromatic carbocycles. The van der Waals surface area contributed by atoms with Crippen LogP contribution in [0.3, 0.4) is 0 Å². The van der Waals surface area contributed by atoms with Crippen molar-refractivity contribution in [1.82, 2.24) is 5.32 Å². The molecule has 2 aliphatic heterocycles. The van der Waals surface area contributed by atoms with Gasteiger partial charge in [-0.2, -0.15) is 0 Å². The molecule has 2 heterocycles. The summed E-state index contributed by atoms with van der Waals surface area (Å²) in [7, 11) is 0. The first-order valence-corrected chi connectivity index (χ1v) is 6.73. The second-order valence-electron chi connectivity index (χ2n) is 5.91. The molecule has 96 valence electrons. The molecule has 0 bridgehead atoms. The average Bonchev–Trinajstić information content (AvgIpc) is 2.49. The van der Waals surface area contributed by atoms with Crippen LogP contribution in [0.1, 0.15) is 25.8 Å². The monoisotopic (exact) mass is 244 g/mol. The van der Waals surface area contributed by atoms with Crippen LogP contribution in [0.15, 0.2) is 24.3 Å². The number of hydrogen-bond donors (Lipinski definition) is 1. The molecular weight excluding hydrogens is 224 g/mol. The molecule has 0 saturated carbocycles. The van der Waals surface area contributed by atoms with Gasteiger partial charge in [-0.05, 0) is 50.9 Å². The largest absolute Gasteiger partial charge is 0.316 e. The molecule has 1 saturated heterocycles. The van der Waals surface area contributed by atoms with Gasteiger partial charge < -0.3 is 10.2 Å². The van der Waals surface area contributed by atoms with Gasteiger partial charge in [0.05, 0.1) is 5.41 Å². The van der Waals surface area contributed by atoms with E-state index in [9.17, 15) is 4.79 Å². The Labute approximate surface area is 108 Å². The van der Waals surface area contributed by atoms with Gasteiger partial charge in [-0.1, -0.05) is 18.2 Å². The maximum absolute atomic E-state index is 12.5. The Bertz CT molecular complexity index is 477. The summed E-state index contributed by atoms with van der Waals surface area (Å²) >= 11 is 0. The van der Waals surface area contributed by atoms with E-state index in [0.29, 0.717) is 0 Å². The van der Waals surface area contributed by atoms with Gasteiger partial charge in [0.25, 0.3) is 0 Å². The number of hydrogen-bond acceptors (Lipinski definition) is 2. The fraction of sp³-hybridized carbons (Fsp3) is 0.533. The van der Waals surface area contributed by atoms with Crippen LogP contribution in [-0.2, 0) is 10.2 Å². The Morgan fingerprint density at radius 3 is 2.72 bits per heavy atom. The normalized spacial score (nSPS) is 21.9. The molecule has 0 radical (unpaired) electrons. The lowest BCUT2D eigenvalue weighted by molar-refractivity contribution is -0.122. The third-order valence-corrected chi connectivity index (χ3v) is 4.27. The van der Waals surface area contributed by atoms with Crippen LogP contribution in [-0.4, -0.2) is 25.5 Å². The summed E-state index contributed by atoms with van der Waals surface area (Å²) in [4.78, 5) is 14.5. The van der Waals surface area contributed by atoms with Crippen molar-refractivity contribution in [1.29, 1.82) is 0 Å². The highest BCUT2D eigenvalue weighted by molar-refractivity contribution is 6.07. The number of para-hydroxylation sites is 1. The molecule has 0 unspecified atom stereocenters. The third-order valence-electron chi connectivity index (χ3n) is 4.27.